The molecule has 1 saturated heterocycles. The van der Waals surface area contributed by atoms with E-state index in [1.807, 2.05) is 11.8 Å². The van der Waals surface area contributed by atoms with Gasteiger partial charge in [0.1, 0.15) is 0 Å². The molecule has 2 atom stereocenters. The Kier molecular flexibility index (Phi) is 3.56. The number of carbonyl (C=O) groups is 1. The van der Waals surface area contributed by atoms with Crippen LogP contribution in [0.25, 0.3) is 0 Å². The van der Waals surface area contributed by atoms with Gasteiger partial charge in [-0.3, -0.25) is 4.79 Å². The van der Waals surface area contributed by atoms with E-state index in [0.29, 0.717) is 17.2 Å². The van der Waals surface area contributed by atoms with E-state index in [-0.39, 0.29) is 5.91 Å². The minimum atomic E-state index is 0.284. The molecule has 1 heterocycles. The van der Waals surface area contributed by atoms with E-state index in [4.69, 9.17) is 0 Å². The second kappa shape index (κ2) is 4.26. The summed E-state index contributed by atoms with van der Waals surface area (Å²) >= 11 is 3.60. The molecule has 12 heavy (non-hydrogen) atoms. The maximum Gasteiger partial charge on any atom is 0.222 e. The summed E-state index contributed by atoms with van der Waals surface area (Å²) in [6.07, 6.45) is 1.76. The second-order valence-electron chi connectivity index (χ2n) is 3.48. The van der Waals surface area contributed by atoms with Gasteiger partial charge in [0, 0.05) is 24.3 Å². The Hall–Kier alpha value is -0.0500. The fourth-order valence-corrected chi connectivity index (χ4v) is 2.09. The molecule has 1 rings (SSSR count). The monoisotopic (exact) mass is 233 g/mol. The van der Waals surface area contributed by atoms with Crippen LogP contribution >= 0.6 is 15.9 Å². The summed E-state index contributed by atoms with van der Waals surface area (Å²) in [6.45, 7) is 5.97. The summed E-state index contributed by atoms with van der Waals surface area (Å²) in [5.74, 6) is 0.984. The zero-order valence-electron chi connectivity index (χ0n) is 7.72. The topological polar surface area (TPSA) is 20.3 Å². The third-order valence-electron chi connectivity index (χ3n) is 2.52. The lowest BCUT2D eigenvalue weighted by Crippen LogP contribution is -2.43. The Morgan fingerprint density at radius 1 is 1.67 bits per heavy atom. The average molecular weight is 234 g/mol. The van der Waals surface area contributed by atoms with Gasteiger partial charge in [-0.25, -0.2) is 0 Å². The van der Waals surface area contributed by atoms with E-state index in [2.05, 4.69) is 22.9 Å². The molecular formula is C9H16BrNO. The van der Waals surface area contributed by atoms with Gasteiger partial charge in [0.2, 0.25) is 5.91 Å². The highest BCUT2D eigenvalue weighted by Crippen LogP contribution is 2.23. The molecule has 0 saturated carbocycles. The van der Waals surface area contributed by atoms with Gasteiger partial charge in [0.05, 0.1) is 0 Å². The Bertz CT molecular complexity index is 172. The molecule has 2 nitrogen and oxygen atoms in total. The van der Waals surface area contributed by atoms with Gasteiger partial charge < -0.3 is 4.90 Å². The van der Waals surface area contributed by atoms with E-state index in [0.717, 1.165) is 19.5 Å². The first-order chi connectivity index (χ1) is 5.65. The van der Waals surface area contributed by atoms with Crippen LogP contribution in [0.3, 0.4) is 0 Å². The number of piperidine rings is 1. The maximum absolute atomic E-state index is 11.3. The van der Waals surface area contributed by atoms with Crippen molar-refractivity contribution in [3.63, 3.8) is 0 Å². The number of hydrogen-bond donors (Lipinski definition) is 0. The smallest absolute Gasteiger partial charge is 0.222 e. The Balaban J connectivity index is 2.45. The predicted octanol–water partition coefficient (Wildman–Crippen LogP) is 2.03. The van der Waals surface area contributed by atoms with Crippen LogP contribution in [0.2, 0.25) is 0 Å². The van der Waals surface area contributed by atoms with E-state index < -0.39 is 0 Å². The van der Waals surface area contributed by atoms with Crippen molar-refractivity contribution < 1.29 is 4.79 Å². The van der Waals surface area contributed by atoms with Crippen molar-refractivity contribution in [3.05, 3.63) is 0 Å². The molecule has 1 fully saturated rings. The number of amides is 1. The number of carbonyl (C=O) groups excluding carboxylic acids is 1. The minimum absolute atomic E-state index is 0.284. The zero-order chi connectivity index (χ0) is 9.14. The van der Waals surface area contributed by atoms with Crippen molar-refractivity contribution in [2.75, 3.05) is 13.1 Å². The van der Waals surface area contributed by atoms with Gasteiger partial charge in [-0.15, -0.1) is 0 Å². The zero-order valence-corrected chi connectivity index (χ0v) is 9.30. The van der Waals surface area contributed by atoms with Crippen LogP contribution in [0.5, 0.6) is 0 Å². The molecule has 0 aromatic heterocycles. The van der Waals surface area contributed by atoms with Crippen LogP contribution in [0.1, 0.15) is 26.7 Å². The van der Waals surface area contributed by atoms with Gasteiger partial charge in [0.25, 0.3) is 0 Å². The first-order valence-electron chi connectivity index (χ1n) is 4.57. The number of halogens is 1. The molecule has 1 amide bonds. The van der Waals surface area contributed by atoms with Crippen LogP contribution in [-0.4, -0.2) is 28.7 Å². The van der Waals surface area contributed by atoms with Gasteiger partial charge in [-0.2, -0.15) is 0 Å². The third-order valence-corrected chi connectivity index (χ3v) is 3.71. The number of hydrogen-bond acceptors (Lipinski definition) is 1. The number of alkyl halides is 1. The summed E-state index contributed by atoms with van der Waals surface area (Å²) < 4.78 is 0. The normalized spacial score (nSPS) is 30.4. The van der Waals surface area contributed by atoms with E-state index in [1.54, 1.807) is 0 Å². The maximum atomic E-state index is 11.3. The number of rotatable bonds is 1. The van der Waals surface area contributed by atoms with Gasteiger partial charge in [0.15, 0.2) is 0 Å². The molecule has 70 valence electrons. The molecule has 0 radical (unpaired) electrons. The summed E-state index contributed by atoms with van der Waals surface area (Å²) in [6, 6.07) is 0. The molecule has 0 aliphatic carbocycles. The van der Waals surface area contributed by atoms with Crippen LogP contribution in [0, 0.1) is 5.92 Å². The largest absolute Gasteiger partial charge is 0.342 e. The SMILES string of the molecule is CCC(=O)N1CCC(C)C(Br)C1. The van der Waals surface area contributed by atoms with Gasteiger partial charge in [-0.05, 0) is 12.3 Å². The molecule has 1 aliphatic rings. The fraction of sp³-hybridized carbons (Fsp3) is 0.889. The van der Waals surface area contributed by atoms with Crippen molar-refractivity contribution in [1.82, 2.24) is 4.90 Å². The van der Waals surface area contributed by atoms with Crippen LogP contribution in [0.4, 0.5) is 0 Å². The Labute approximate surface area is 82.4 Å². The lowest BCUT2D eigenvalue weighted by Gasteiger charge is -2.34. The molecular weight excluding hydrogens is 218 g/mol. The first-order valence-corrected chi connectivity index (χ1v) is 5.48. The number of nitrogens with zero attached hydrogens (tertiary/aromatic N) is 1. The highest BCUT2D eigenvalue weighted by molar-refractivity contribution is 9.09. The van der Waals surface area contributed by atoms with Crippen molar-refractivity contribution in [3.8, 4) is 0 Å². The molecule has 2 unspecified atom stereocenters. The van der Waals surface area contributed by atoms with Crippen molar-refractivity contribution in [2.45, 2.75) is 31.5 Å². The van der Waals surface area contributed by atoms with Gasteiger partial charge in [-0.1, -0.05) is 29.8 Å². The molecule has 0 spiro atoms. The standard InChI is InChI=1S/C9H16BrNO/c1-3-9(12)11-5-4-7(2)8(10)6-11/h7-8H,3-6H2,1-2H3. The summed E-state index contributed by atoms with van der Waals surface area (Å²) in [4.78, 5) is 13.8. The van der Waals surface area contributed by atoms with Crippen molar-refractivity contribution in [1.29, 1.82) is 0 Å². The molecule has 3 heteroatoms. The summed E-state index contributed by atoms with van der Waals surface area (Å²) in [5.41, 5.74) is 0. The highest BCUT2D eigenvalue weighted by atomic mass is 79.9. The van der Waals surface area contributed by atoms with Crippen LogP contribution in [0.15, 0.2) is 0 Å². The van der Waals surface area contributed by atoms with Crippen LogP contribution < -0.4 is 0 Å². The summed E-state index contributed by atoms with van der Waals surface area (Å²) in [5, 5.41) is 0. The summed E-state index contributed by atoms with van der Waals surface area (Å²) in [7, 11) is 0. The Morgan fingerprint density at radius 2 is 2.33 bits per heavy atom. The lowest BCUT2D eigenvalue weighted by molar-refractivity contribution is -0.131. The second-order valence-corrected chi connectivity index (χ2v) is 4.65. The van der Waals surface area contributed by atoms with E-state index in [9.17, 15) is 4.79 Å². The molecule has 0 aromatic rings. The quantitative estimate of drug-likeness (QED) is 0.635. The minimum Gasteiger partial charge on any atom is -0.342 e. The van der Waals surface area contributed by atoms with Crippen molar-refractivity contribution >= 4 is 21.8 Å². The third kappa shape index (κ3) is 2.22. The molecule has 0 N–H and O–H groups in total. The fourth-order valence-electron chi connectivity index (χ4n) is 1.47. The highest BCUT2D eigenvalue weighted by Gasteiger charge is 2.25. The molecule has 0 bridgehead atoms. The van der Waals surface area contributed by atoms with Gasteiger partial charge >= 0.3 is 0 Å². The predicted molar refractivity (Wildman–Crippen MR) is 53.4 cm³/mol. The Morgan fingerprint density at radius 3 is 2.83 bits per heavy atom. The van der Waals surface area contributed by atoms with E-state index in [1.165, 1.54) is 0 Å². The number of likely N-dealkylation sites (tertiary alicyclic amines) is 1. The lowest BCUT2D eigenvalue weighted by atomic mass is 9.99. The van der Waals surface area contributed by atoms with Crippen molar-refractivity contribution in [2.24, 2.45) is 5.92 Å². The molecule has 0 aromatic carbocycles. The average Bonchev–Trinajstić information content (AvgIpc) is 2.08. The molecule has 1 aliphatic heterocycles. The van der Waals surface area contributed by atoms with E-state index >= 15 is 0 Å². The van der Waals surface area contributed by atoms with Crippen LogP contribution in [-0.2, 0) is 4.79 Å². The first kappa shape index (κ1) is 10.0.